The molecule has 4 N–H and O–H groups in total. The lowest BCUT2D eigenvalue weighted by Gasteiger charge is -2.28. The molecule has 1 aromatic rings. The zero-order valence-corrected chi connectivity index (χ0v) is 12.1. The van der Waals surface area contributed by atoms with Crippen LogP contribution in [0.15, 0.2) is 34.1 Å². The van der Waals surface area contributed by atoms with Crippen molar-refractivity contribution in [2.24, 2.45) is 5.73 Å². The van der Waals surface area contributed by atoms with Crippen molar-refractivity contribution >= 4 is 22.1 Å². The molecule has 0 aromatic heterocycles. The average Bonchev–Trinajstić information content (AvgIpc) is 2.37. The van der Waals surface area contributed by atoms with Gasteiger partial charge in [0.15, 0.2) is 0 Å². The molecule has 1 aliphatic carbocycles. The van der Waals surface area contributed by atoms with E-state index in [1.54, 1.807) is 12.1 Å². The maximum absolute atomic E-state index is 10.9. The van der Waals surface area contributed by atoms with Gasteiger partial charge >= 0.3 is 0 Å². The van der Waals surface area contributed by atoms with Gasteiger partial charge < -0.3 is 5.73 Å². The molecule has 7 heteroatoms. The van der Waals surface area contributed by atoms with Gasteiger partial charge in [-0.1, -0.05) is 12.8 Å². The minimum atomic E-state index is -4.11. The molecule has 2 rings (SSSR count). The normalized spacial score (nSPS) is 24.3. The molecule has 0 amide bonds. The summed E-state index contributed by atoms with van der Waals surface area (Å²) in [5.41, 5.74) is 6.04. The van der Waals surface area contributed by atoms with Crippen LogP contribution in [0.25, 0.3) is 0 Å². The van der Waals surface area contributed by atoms with Gasteiger partial charge in [-0.25, -0.2) is 0 Å². The van der Waals surface area contributed by atoms with Crippen molar-refractivity contribution < 1.29 is 13.0 Å². The predicted octanol–water partition coefficient (Wildman–Crippen LogP) is 1.80. The summed E-state index contributed by atoms with van der Waals surface area (Å²) in [5.74, 6) is 0. The zero-order valence-electron chi connectivity index (χ0n) is 10.5. The minimum Gasteiger partial charge on any atom is -0.326 e. The quantitative estimate of drug-likeness (QED) is 0.580. The second-order valence-electron chi connectivity index (χ2n) is 4.72. The Balaban J connectivity index is 1.93. The van der Waals surface area contributed by atoms with E-state index in [0.717, 1.165) is 17.7 Å². The molecule has 1 aromatic carbocycles. The van der Waals surface area contributed by atoms with Crippen molar-refractivity contribution in [3.8, 4) is 0 Å². The van der Waals surface area contributed by atoms with Crippen molar-refractivity contribution in [1.82, 2.24) is 4.72 Å². The van der Waals surface area contributed by atoms with Crippen molar-refractivity contribution in [3.63, 3.8) is 0 Å². The highest BCUT2D eigenvalue weighted by Crippen LogP contribution is 2.23. The highest BCUT2D eigenvalue weighted by molar-refractivity contribution is 7.97. The van der Waals surface area contributed by atoms with E-state index in [4.69, 9.17) is 10.3 Å². The number of nitrogens with one attached hydrogen (secondary N) is 1. The van der Waals surface area contributed by atoms with Gasteiger partial charge in [-0.3, -0.25) is 9.27 Å². The summed E-state index contributed by atoms with van der Waals surface area (Å²) in [6, 6.07) is 6.57. The Morgan fingerprint density at radius 1 is 1.21 bits per heavy atom. The monoisotopic (exact) mass is 302 g/mol. The maximum Gasteiger partial charge on any atom is 0.294 e. The number of benzene rings is 1. The smallest absolute Gasteiger partial charge is 0.294 e. The van der Waals surface area contributed by atoms with Crippen LogP contribution in [0.5, 0.6) is 0 Å². The molecule has 0 spiro atoms. The molecule has 0 saturated heterocycles. The van der Waals surface area contributed by atoms with Gasteiger partial charge in [-0.15, -0.1) is 0 Å². The fraction of sp³-hybridized carbons (Fsp3) is 0.500. The lowest BCUT2D eigenvalue weighted by molar-refractivity contribution is 0.369. The van der Waals surface area contributed by atoms with Gasteiger partial charge in [0, 0.05) is 17.0 Å². The van der Waals surface area contributed by atoms with E-state index in [0.29, 0.717) is 6.04 Å². The van der Waals surface area contributed by atoms with Crippen molar-refractivity contribution in [1.29, 1.82) is 0 Å². The summed E-state index contributed by atoms with van der Waals surface area (Å²) in [5, 5.41) is 0. The van der Waals surface area contributed by atoms with Gasteiger partial charge in [0.2, 0.25) is 0 Å². The topological polar surface area (TPSA) is 92.4 Å². The van der Waals surface area contributed by atoms with Crippen LogP contribution in [0.1, 0.15) is 25.7 Å². The van der Waals surface area contributed by atoms with Crippen LogP contribution < -0.4 is 10.5 Å². The van der Waals surface area contributed by atoms with Crippen LogP contribution in [0.4, 0.5) is 0 Å². The highest BCUT2D eigenvalue weighted by atomic mass is 32.2. The van der Waals surface area contributed by atoms with Gasteiger partial charge in [-0.2, -0.15) is 8.42 Å². The van der Waals surface area contributed by atoms with Crippen LogP contribution in [-0.4, -0.2) is 25.1 Å². The number of nitrogens with two attached hydrogens (primary N) is 1. The fourth-order valence-corrected chi connectivity index (χ4v) is 3.46. The van der Waals surface area contributed by atoms with Crippen molar-refractivity contribution in [3.05, 3.63) is 24.3 Å². The van der Waals surface area contributed by atoms with Gasteiger partial charge in [0.05, 0.1) is 4.90 Å². The maximum atomic E-state index is 10.9. The van der Waals surface area contributed by atoms with Crippen LogP contribution in [0, 0.1) is 0 Å². The Bertz CT molecular complexity index is 516. The first-order valence-corrected chi connectivity index (χ1v) is 8.48. The molecule has 106 valence electrons. The van der Waals surface area contributed by atoms with Crippen LogP contribution in [0.3, 0.4) is 0 Å². The van der Waals surface area contributed by atoms with E-state index in [2.05, 4.69) is 4.72 Å². The van der Waals surface area contributed by atoms with Crippen molar-refractivity contribution in [2.75, 3.05) is 0 Å². The first kappa shape index (κ1) is 14.8. The molecule has 0 bridgehead atoms. The van der Waals surface area contributed by atoms with Gasteiger partial charge in [0.25, 0.3) is 10.1 Å². The second kappa shape index (κ2) is 6.23. The lowest BCUT2D eigenvalue weighted by Crippen LogP contribution is -2.44. The average molecular weight is 302 g/mol. The van der Waals surface area contributed by atoms with E-state index in [1.807, 2.05) is 0 Å². The predicted molar refractivity (Wildman–Crippen MR) is 75.5 cm³/mol. The second-order valence-corrected chi connectivity index (χ2v) is 7.05. The summed E-state index contributed by atoms with van der Waals surface area (Å²) in [6.07, 6.45) is 4.48. The fourth-order valence-electron chi connectivity index (χ4n) is 2.13. The molecular weight excluding hydrogens is 284 g/mol. The Hall–Kier alpha value is -0.600. The Kier molecular flexibility index (Phi) is 4.86. The molecule has 5 nitrogen and oxygen atoms in total. The summed E-state index contributed by atoms with van der Waals surface area (Å²) in [4.78, 5) is 0.802. The molecule has 2 atom stereocenters. The summed E-state index contributed by atoms with van der Waals surface area (Å²) < 4.78 is 34.0. The molecule has 0 heterocycles. The molecule has 19 heavy (non-hydrogen) atoms. The largest absolute Gasteiger partial charge is 0.326 e. The molecule has 0 radical (unpaired) electrons. The number of hydrogen-bond acceptors (Lipinski definition) is 5. The molecule has 1 aliphatic rings. The lowest BCUT2D eigenvalue weighted by atomic mass is 9.92. The molecule has 1 fully saturated rings. The number of hydrogen-bond donors (Lipinski definition) is 3. The van der Waals surface area contributed by atoms with E-state index >= 15 is 0 Å². The molecule has 1 saturated carbocycles. The molecular formula is C12H18N2O3S2. The summed E-state index contributed by atoms with van der Waals surface area (Å²) in [7, 11) is -4.11. The SMILES string of the molecule is NC1CCCCC1NSc1ccc(S(=O)(=O)O)cc1. The third kappa shape index (κ3) is 4.19. The molecule has 0 aliphatic heterocycles. The van der Waals surface area contributed by atoms with Gasteiger partial charge in [-0.05, 0) is 49.1 Å². The third-order valence-corrected chi connectivity index (χ3v) is 5.07. The Labute approximate surface area is 117 Å². The zero-order chi connectivity index (χ0) is 13.9. The summed E-state index contributed by atoms with van der Waals surface area (Å²) >= 11 is 1.44. The first-order valence-electron chi connectivity index (χ1n) is 6.22. The Morgan fingerprint density at radius 3 is 2.42 bits per heavy atom. The van der Waals surface area contributed by atoms with E-state index in [-0.39, 0.29) is 10.9 Å². The first-order chi connectivity index (χ1) is 8.97. The van der Waals surface area contributed by atoms with E-state index in [9.17, 15) is 8.42 Å². The van der Waals surface area contributed by atoms with Crippen LogP contribution in [-0.2, 0) is 10.1 Å². The highest BCUT2D eigenvalue weighted by Gasteiger charge is 2.21. The van der Waals surface area contributed by atoms with Crippen LogP contribution >= 0.6 is 11.9 Å². The standard InChI is InChI=1S/C12H18N2O3S2/c13-11-3-1-2-4-12(11)14-18-9-5-7-10(8-6-9)19(15,16)17/h5-8,11-12,14H,1-4,13H2,(H,15,16,17). The Morgan fingerprint density at radius 2 is 1.84 bits per heavy atom. The van der Waals surface area contributed by atoms with Gasteiger partial charge in [0.1, 0.15) is 0 Å². The van der Waals surface area contributed by atoms with Crippen molar-refractivity contribution in [2.45, 2.75) is 47.6 Å². The van der Waals surface area contributed by atoms with E-state index < -0.39 is 10.1 Å². The minimum absolute atomic E-state index is 0.0915. The van der Waals surface area contributed by atoms with E-state index in [1.165, 1.54) is 36.9 Å². The number of rotatable bonds is 4. The van der Waals surface area contributed by atoms with Crippen LogP contribution in [0.2, 0.25) is 0 Å². The third-order valence-electron chi connectivity index (χ3n) is 3.27. The summed E-state index contributed by atoms with van der Waals surface area (Å²) in [6.45, 7) is 0. The molecule has 2 unspecified atom stereocenters.